The number of aromatic nitrogens is 1. The van der Waals surface area contributed by atoms with Crippen molar-refractivity contribution in [1.29, 1.82) is 5.26 Å². The van der Waals surface area contributed by atoms with Gasteiger partial charge in [-0.15, -0.1) is 0 Å². The van der Waals surface area contributed by atoms with Crippen LogP contribution in [0.15, 0.2) is 29.1 Å². The number of rotatable bonds is 1. The second-order valence-electron chi connectivity index (χ2n) is 3.88. The summed E-state index contributed by atoms with van der Waals surface area (Å²) >= 11 is 0. The molecule has 0 saturated heterocycles. The third-order valence-electron chi connectivity index (χ3n) is 2.78. The Morgan fingerprint density at radius 3 is 2.88 bits per heavy atom. The molecule has 0 atom stereocenters. The van der Waals surface area contributed by atoms with Gasteiger partial charge in [0.2, 0.25) is 0 Å². The van der Waals surface area contributed by atoms with Gasteiger partial charge in [0.25, 0.3) is 5.56 Å². The maximum absolute atomic E-state index is 11.9. The zero-order valence-corrected chi connectivity index (χ0v) is 9.32. The zero-order valence-electron chi connectivity index (χ0n) is 9.32. The van der Waals surface area contributed by atoms with Gasteiger partial charge in [-0.3, -0.25) is 4.79 Å². The topological polar surface area (TPSA) is 45.8 Å². The second-order valence-corrected chi connectivity index (χ2v) is 3.88. The van der Waals surface area contributed by atoms with E-state index in [2.05, 4.69) is 0 Å². The first-order valence-electron chi connectivity index (χ1n) is 5.10. The molecular weight excluding hydrogens is 200 g/mol. The Morgan fingerprint density at radius 2 is 2.19 bits per heavy atom. The Bertz CT molecular complexity index is 647. The highest BCUT2D eigenvalue weighted by Crippen LogP contribution is 2.16. The van der Waals surface area contributed by atoms with Crippen molar-refractivity contribution in [3.05, 3.63) is 45.7 Å². The molecule has 0 aliphatic heterocycles. The van der Waals surface area contributed by atoms with Crippen LogP contribution in [0.25, 0.3) is 10.9 Å². The minimum Gasteiger partial charge on any atom is -0.311 e. The van der Waals surface area contributed by atoms with Crippen LogP contribution in [0.3, 0.4) is 0 Å². The van der Waals surface area contributed by atoms with Gasteiger partial charge in [-0.05, 0) is 23.9 Å². The van der Waals surface area contributed by atoms with Crippen molar-refractivity contribution in [3.63, 3.8) is 0 Å². The highest BCUT2D eigenvalue weighted by Gasteiger charge is 2.07. The lowest BCUT2D eigenvalue weighted by atomic mass is 10.1. The van der Waals surface area contributed by atoms with Crippen LogP contribution in [-0.4, -0.2) is 4.57 Å². The molecule has 16 heavy (non-hydrogen) atoms. The molecule has 0 saturated carbocycles. The Labute approximate surface area is 93.6 Å². The van der Waals surface area contributed by atoms with Crippen LogP contribution < -0.4 is 5.56 Å². The molecule has 2 aromatic rings. The number of nitrogens with zero attached hydrogens (tertiary/aromatic N) is 2. The van der Waals surface area contributed by atoms with Gasteiger partial charge in [0.15, 0.2) is 0 Å². The predicted molar refractivity (Wildman–Crippen MR) is 63.2 cm³/mol. The summed E-state index contributed by atoms with van der Waals surface area (Å²) in [5.41, 5.74) is 2.49. The van der Waals surface area contributed by atoms with Crippen molar-refractivity contribution in [1.82, 2.24) is 4.57 Å². The minimum atomic E-state index is -0.0802. The maximum Gasteiger partial charge on any atom is 0.255 e. The Balaban J connectivity index is 2.90. The van der Waals surface area contributed by atoms with Crippen molar-refractivity contribution in [2.75, 3.05) is 0 Å². The fourth-order valence-corrected chi connectivity index (χ4v) is 2.03. The number of pyridine rings is 1. The number of para-hydroxylation sites is 1. The number of hydrogen-bond donors (Lipinski definition) is 0. The van der Waals surface area contributed by atoms with Gasteiger partial charge in [-0.1, -0.05) is 18.2 Å². The summed E-state index contributed by atoms with van der Waals surface area (Å²) in [7, 11) is 1.75. The number of hydrogen-bond acceptors (Lipinski definition) is 2. The largest absolute Gasteiger partial charge is 0.311 e. The molecule has 0 aliphatic rings. The van der Waals surface area contributed by atoms with Crippen LogP contribution in [-0.2, 0) is 13.5 Å². The normalized spacial score (nSPS) is 10.3. The van der Waals surface area contributed by atoms with Crippen LogP contribution in [0, 0.1) is 18.3 Å². The molecule has 1 heterocycles. The Kier molecular flexibility index (Phi) is 2.49. The fourth-order valence-electron chi connectivity index (χ4n) is 2.03. The van der Waals surface area contributed by atoms with Crippen molar-refractivity contribution in [3.8, 4) is 6.07 Å². The van der Waals surface area contributed by atoms with E-state index in [4.69, 9.17) is 5.26 Å². The molecule has 3 heteroatoms. The van der Waals surface area contributed by atoms with Crippen LogP contribution in [0.4, 0.5) is 0 Å². The summed E-state index contributed by atoms with van der Waals surface area (Å²) in [4.78, 5) is 11.9. The summed E-state index contributed by atoms with van der Waals surface area (Å²) in [6.07, 6.45) is 0.163. The smallest absolute Gasteiger partial charge is 0.255 e. The quantitative estimate of drug-likeness (QED) is 0.724. The standard InChI is InChI=1S/C13H12N2O/c1-9-4-3-5-10-8-11(6-7-14)13(16)15(2)12(9)10/h3-5,8H,6H2,1-2H3. The number of benzene rings is 1. The van der Waals surface area contributed by atoms with Crippen molar-refractivity contribution in [2.24, 2.45) is 7.05 Å². The Hall–Kier alpha value is -2.08. The van der Waals surface area contributed by atoms with Gasteiger partial charge in [-0.25, -0.2) is 0 Å². The molecule has 0 aliphatic carbocycles. The van der Waals surface area contributed by atoms with Crippen LogP contribution in [0.2, 0.25) is 0 Å². The molecular formula is C13H12N2O. The average molecular weight is 212 g/mol. The van der Waals surface area contributed by atoms with Gasteiger partial charge in [0.05, 0.1) is 18.0 Å². The molecule has 0 fully saturated rings. The van der Waals surface area contributed by atoms with Gasteiger partial charge in [-0.2, -0.15) is 5.26 Å². The van der Waals surface area contributed by atoms with E-state index in [1.807, 2.05) is 37.3 Å². The fraction of sp³-hybridized carbons (Fsp3) is 0.231. The summed E-state index contributed by atoms with van der Waals surface area (Å²) in [6, 6.07) is 9.73. The zero-order chi connectivity index (χ0) is 11.7. The van der Waals surface area contributed by atoms with Gasteiger partial charge in [0.1, 0.15) is 0 Å². The third kappa shape index (κ3) is 1.49. The first kappa shape index (κ1) is 10.4. The molecule has 1 aromatic heterocycles. The molecule has 0 radical (unpaired) electrons. The summed E-state index contributed by atoms with van der Waals surface area (Å²) in [5.74, 6) is 0. The number of nitriles is 1. The molecule has 0 bridgehead atoms. The van der Waals surface area contributed by atoms with E-state index in [0.29, 0.717) is 5.56 Å². The second kappa shape index (κ2) is 3.82. The molecule has 0 spiro atoms. The lowest BCUT2D eigenvalue weighted by Gasteiger charge is -2.09. The maximum atomic E-state index is 11.9. The average Bonchev–Trinajstić information content (AvgIpc) is 2.25. The molecule has 0 amide bonds. The first-order chi connectivity index (χ1) is 7.65. The highest BCUT2D eigenvalue weighted by molar-refractivity contribution is 5.82. The molecule has 2 rings (SSSR count). The minimum absolute atomic E-state index is 0.0802. The van der Waals surface area contributed by atoms with Gasteiger partial charge in [0, 0.05) is 12.6 Å². The van der Waals surface area contributed by atoms with Gasteiger partial charge >= 0.3 is 0 Å². The number of aryl methyl sites for hydroxylation is 2. The molecule has 1 aromatic carbocycles. The lowest BCUT2D eigenvalue weighted by molar-refractivity contribution is 0.882. The first-order valence-corrected chi connectivity index (χ1v) is 5.10. The third-order valence-corrected chi connectivity index (χ3v) is 2.78. The molecule has 80 valence electrons. The van der Waals surface area contributed by atoms with Crippen LogP contribution >= 0.6 is 0 Å². The number of fused-ring (bicyclic) bond motifs is 1. The van der Waals surface area contributed by atoms with Gasteiger partial charge < -0.3 is 4.57 Å². The summed E-state index contributed by atoms with van der Waals surface area (Å²) < 4.78 is 1.62. The monoisotopic (exact) mass is 212 g/mol. The predicted octanol–water partition coefficient (Wildman–Crippen LogP) is 1.91. The lowest BCUT2D eigenvalue weighted by Crippen LogP contribution is -2.21. The SMILES string of the molecule is Cc1cccc2cc(CC#N)c(=O)n(C)c12. The van der Waals surface area contributed by atoms with E-state index < -0.39 is 0 Å². The molecule has 0 unspecified atom stereocenters. The molecule has 3 nitrogen and oxygen atoms in total. The van der Waals surface area contributed by atoms with Crippen molar-refractivity contribution in [2.45, 2.75) is 13.3 Å². The van der Waals surface area contributed by atoms with E-state index in [1.54, 1.807) is 11.6 Å². The van der Waals surface area contributed by atoms with E-state index >= 15 is 0 Å². The summed E-state index contributed by atoms with van der Waals surface area (Å²) in [5, 5.41) is 9.67. The summed E-state index contributed by atoms with van der Waals surface area (Å²) in [6.45, 7) is 1.98. The van der Waals surface area contributed by atoms with Crippen LogP contribution in [0.1, 0.15) is 11.1 Å². The van der Waals surface area contributed by atoms with Crippen molar-refractivity contribution < 1.29 is 0 Å². The van der Waals surface area contributed by atoms with Crippen LogP contribution in [0.5, 0.6) is 0 Å². The molecule has 0 N–H and O–H groups in total. The van der Waals surface area contributed by atoms with E-state index in [9.17, 15) is 4.79 Å². The highest BCUT2D eigenvalue weighted by atomic mass is 16.1. The van der Waals surface area contributed by atoms with E-state index in [-0.39, 0.29) is 12.0 Å². The van der Waals surface area contributed by atoms with E-state index in [1.165, 1.54) is 0 Å². The van der Waals surface area contributed by atoms with E-state index in [0.717, 1.165) is 16.5 Å². The Morgan fingerprint density at radius 1 is 1.44 bits per heavy atom. The van der Waals surface area contributed by atoms with Crippen molar-refractivity contribution >= 4 is 10.9 Å².